The third-order valence-electron chi connectivity index (χ3n) is 2.88. The van der Waals surface area contributed by atoms with Gasteiger partial charge in [0.1, 0.15) is 5.75 Å². The van der Waals surface area contributed by atoms with Gasteiger partial charge >= 0.3 is 0 Å². The zero-order valence-electron chi connectivity index (χ0n) is 12.5. The van der Waals surface area contributed by atoms with E-state index in [0.717, 1.165) is 4.47 Å². The van der Waals surface area contributed by atoms with Crippen LogP contribution >= 0.6 is 15.9 Å². The van der Waals surface area contributed by atoms with Crippen LogP contribution in [-0.4, -0.2) is 23.7 Å². The van der Waals surface area contributed by atoms with Gasteiger partial charge in [0.05, 0.1) is 24.2 Å². The molecule has 0 radical (unpaired) electrons. The van der Waals surface area contributed by atoms with Gasteiger partial charge in [-0.1, -0.05) is 34.1 Å². The summed E-state index contributed by atoms with van der Waals surface area (Å²) in [6.45, 7) is 0.217. The van der Waals surface area contributed by atoms with Crippen LogP contribution in [-0.2, 0) is 4.79 Å². The number of non-ortho nitro benzene ring substituents is 1. The van der Waals surface area contributed by atoms with Crippen molar-refractivity contribution in [3.8, 4) is 5.75 Å². The number of amides is 1. The normalized spacial score (nSPS) is 10.5. The van der Waals surface area contributed by atoms with Crippen LogP contribution in [0.5, 0.6) is 5.75 Å². The standard InChI is InChI=1S/C16H14BrN3O4/c17-13-4-2-6-15(10-13)24-8-7-16(21)19-18-11-12-3-1-5-14(9-12)20(22)23/h1-6,9-11H,7-8H2,(H,19,21)/b18-11+. The summed E-state index contributed by atoms with van der Waals surface area (Å²) < 4.78 is 6.34. The molecule has 0 unspecified atom stereocenters. The lowest BCUT2D eigenvalue weighted by atomic mass is 10.2. The van der Waals surface area contributed by atoms with E-state index in [9.17, 15) is 14.9 Å². The fourth-order valence-corrected chi connectivity index (χ4v) is 2.15. The molecule has 124 valence electrons. The molecule has 0 spiro atoms. The summed E-state index contributed by atoms with van der Waals surface area (Å²) in [6.07, 6.45) is 1.48. The number of hydrogen-bond donors (Lipinski definition) is 1. The first kappa shape index (κ1) is 17.6. The van der Waals surface area contributed by atoms with Crippen molar-refractivity contribution >= 4 is 33.7 Å². The molecule has 8 heteroatoms. The van der Waals surface area contributed by atoms with Crippen LogP contribution in [0.3, 0.4) is 0 Å². The molecule has 7 nitrogen and oxygen atoms in total. The summed E-state index contributed by atoms with van der Waals surface area (Å²) in [6, 6.07) is 13.3. The van der Waals surface area contributed by atoms with E-state index in [1.54, 1.807) is 24.3 Å². The average molecular weight is 392 g/mol. The second kappa shape index (κ2) is 8.78. The van der Waals surface area contributed by atoms with Crippen molar-refractivity contribution in [1.82, 2.24) is 5.43 Å². The van der Waals surface area contributed by atoms with Crippen LogP contribution in [0.1, 0.15) is 12.0 Å². The largest absolute Gasteiger partial charge is 0.493 e. The van der Waals surface area contributed by atoms with Gasteiger partial charge in [0.2, 0.25) is 5.91 Å². The maximum Gasteiger partial charge on any atom is 0.270 e. The number of hydrazone groups is 1. The first-order valence-corrected chi connectivity index (χ1v) is 7.78. The summed E-state index contributed by atoms with van der Waals surface area (Å²) in [5.41, 5.74) is 2.84. The molecular formula is C16H14BrN3O4. The Morgan fingerprint density at radius 2 is 2.08 bits per heavy atom. The van der Waals surface area contributed by atoms with Crippen LogP contribution in [0.25, 0.3) is 0 Å². The predicted molar refractivity (Wildman–Crippen MR) is 93.1 cm³/mol. The molecule has 0 fully saturated rings. The van der Waals surface area contributed by atoms with Crippen molar-refractivity contribution in [2.75, 3.05) is 6.61 Å². The third kappa shape index (κ3) is 5.81. The zero-order valence-corrected chi connectivity index (χ0v) is 14.1. The highest BCUT2D eigenvalue weighted by Crippen LogP contribution is 2.17. The number of nitrogens with one attached hydrogen (secondary N) is 1. The summed E-state index contributed by atoms with van der Waals surface area (Å²) in [5, 5.41) is 14.4. The lowest BCUT2D eigenvalue weighted by Crippen LogP contribution is -2.20. The highest BCUT2D eigenvalue weighted by Gasteiger charge is 2.04. The second-order valence-electron chi connectivity index (χ2n) is 4.70. The zero-order chi connectivity index (χ0) is 17.4. The van der Waals surface area contributed by atoms with Crippen molar-refractivity contribution in [3.05, 3.63) is 68.7 Å². The van der Waals surface area contributed by atoms with E-state index in [-0.39, 0.29) is 24.6 Å². The Morgan fingerprint density at radius 1 is 1.29 bits per heavy atom. The number of nitro groups is 1. The van der Waals surface area contributed by atoms with Crippen molar-refractivity contribution in [2.45, 2.75) is 6.42 Å². The fraction of sp³-hybridized carbons (Fsp3) is 0.125. The molecule has 2 aromatic rings. The molecule has 0 saturated carbocycles. The van der Waals surface area contributed by atoms with Crippen LogP contribution in [0.4, 0.5) is 5.69 Å². The molecule has 2 aromatic carbocycles. The van der Waals surface area contributed by atoms with Gasteiger partial charge in [0.15, 0.2) is 0 Å². The molecule has 0 aliphatic heterocycles. The molecule has 1 N–H and O–H groups in total. The average Bonchev–Trinajstić information content (AvgIpc) is 2.55. The highest BCUT2D eigenvalue weighted by atomic mass is 79.9. The van der Waals surface area contributed by atoms with Crippen LogP contribution in [0, 0.1) is 10.1 Å². The van der Waals surface area contributed by atoms with Crippen LogP contribution in [0.2, 0.25) is 0 Å². The number of ether oxygens (including phenoxy) is 1. The molecule has 0 heterocycles. The van der Waals surface area contributed by atoms with Crippen molar-refractivity contribution < 1.29 is 14.5 Å². The third-order valence-corrected chi connectivity index (χ3v) is 3.37. The molecule has 0 aliphatic carbocycles. The Hall–Kier alpha value is -2.74. The number of hydrogen-bond acceptors (Lipinski definition) is 5. The molecule has 0 saturated heterocycles. The number of nitro benzene ring substituents is 1. The Labute approximate surface area is 146 Å². The van der Waals surface area contributed by atoms with Gasteiger partial charge in [-0.05, 0) is 18.2 Å². The van der Waals surface area contributed by atoms with E-state index in [0.29, 0.717) is 11.3 Å². The first-order valence-electron chi connectivity index (χ1n) is 6.99. The van der Waals surface area contributed by atoms with Crippen LogP contribution in [0.15, 0.2) is 58.1 Å². The molecule has 0 atom stereocenters. The molecule has 2 rings (SSSR count). The Balaban J connectivity index is 1.76. The number of carbonyl (C=O) groups is 1. The highest BCUT2D eigenvalue weighted by molar-refractivity contribution is 9.10. The van der Waals surface area contributed by atoms with E-state index in [2.05, 4.69) is 26.5 Å². The van der Waals surface area contributed by atoms with Gasteiger partial charge in [-0.25, -0.2) is 5.43 Å². The van der Waals surface area contributed by atoms with Gasteiger partial charge in [-0.15, -0.1) is 0 Å². The molecule has 0 aliphatic rings. The maximum absolute atomic E-state index is 11.6. The number of benzene rings is 2. The lowest BCUT2D eigenvalue weighted by Gasteiger charge is -2.05. The van der Waals surface area contributed by atoms with Gasteiger partial charge in [-0.3, -0.25) is 14.9 Å². The second-order valence-corrected chi connectivity index (χ2v) is 5.62. The van der Waals surface area contributed by atoms with Crippen molar-refractivity contribution in [1.29, 1.82) is 0 Å². The smallest absolute Gasteiger partial charge is 0.270 e. The minimum atomic E-state index is -0.491. The quantitative estimate of drug-likeness (QED) is 0.445. The molecule has 0 bridgehead atoms. The molecule has 24 heavy (non-hydrogen) atoms. The summed E-state index contributed by atoms with van der Waals surface area (Å²) in [5.74, 6) is 0.351. The van der Waals surface area contributed by atoms with E-state index in [1.165, 1.54) is 18.3 Å². The number of halogens is 1. The van der Waals surface area contributed by atoms with Crippen molar-refractivity contribution in [3.63, 3.8) is 0 Å². The van der Waals surface area contributed by atoms with E-state index < -0.39 is 4.92 Å². The molecule has 0 aromatic heterocycles. The number of carbonyl (C=O) groups excluding carboxylic acids is 1. The van der Waals surface area contributed by atoms with E-state index >= 15 is 0 Å². The van der Waals surface area contributed by atoms with Gasteiger partial charge in [0.25, 0.3) is 5.69 Å². The van der Waals surface area contributed by atoms with E-state index in [1.807, 2.05) is 12.1 Å². The minimum absolute atomic E-state index is 0.0345. The van der Waals surface area contributed by atoms with Crippen LogP contribution < -0.4 is 10.2 Å². The monoisotopic (exact) mass is 391 g/mol. The van der Waals surface area contributed by atoms with Crippen molar-refractivity contribution in [2.24, 2.45) is 5.10 Å². The SMILES string of the molecule is O=C(CCOc1cccc(Br)c1)N/N=C/c1cccc([N+](=O)[O-])c1. The van der Waals surface area contributed by atoms with Gasteiger partial charge in [0, 0.05) is 22.2 Å². The summed E-state index contributed by atoms with van der Waals surface area (Å²) in [4.78, 5) is 21.8. The maximum atomic E-state index is 11.6. The summed E-state index contributed by atoms with van der Waals surface area (Å²) in [7, 11) is 0. The molecule has 1 amide bonds. The Bertz CT molecular complexity index is 764. The Kier molecular flexibility index (Phi) is 6.44. The molecular weight excluding hydrogens is 378 g/mol. The van der Waals surface area contributed by atoms with Gasteiger partial charge in [-0.2, -0.15) is 5.10 Å². The lowest BCUT2D eigenvalue weighted by molar-refractivity contribution is -0.384. The minimum Gasteiger partial charge on any atom is -0.493 e. The Morgan fingerprint density at radius 3 is 2.83 bits per heavy atom. The predicted octanol–water partition coefficient (Wildman–Crippen LogP) is 3.28. The first-order chi connectivity index (χ1) is 11.5. The van der Waals surface area contributed by atoms with E-state index in [4.69, 9.17) is 4.74 Å². The topological polar surface area (TPSA) is 93.8 Å². The number of nitrogens with zero attached hydrogens (tertiary/aromatic N) is 2. The number of rotatable bonds is 7. The fourth-order valence-electron chi connectivity index (χ4n) is 1.77. The van der Waals surface area contributed by atoms with Gasteiger partial charge < -0.3 is 4.74 Å². The summed E-state index contributed by atoms with van der Waals surface area (Å²) >= 11 is 3.33.